The van der Waals surface area contributed by atoms with Crippen molar-refractivity contribution in [1.29, 1.82) is 0 Å². The monoisotopic (exact) mass is 396 g/mol. The molecule has 3 aromatic rings. The van der Waals surface area contributed by atoms with Gasteiger partial charge in [0.2, 0.25) is 0 Å². The van der Waals surface area contributed by atoms with E-state index in [1.165, 1.54) is 19.3 Å². The lowest BCUT2D eigenvalue weighted by Crippen LogP contribution is -2.32. The van der Waals surface area contributed by atoms with Gasteiger partial charge in [0.1, 0.15) is 0 Å². The molecule has 0 spiro atoms. The highest BCUT2D eigenvalue weighted by molar-refractivity contribution is 9.10. The number of fused-ring (bicyclic) bond motifs is 1. The van der Waals surface area contributed by atoms with Crippen LogP contribution in [0.2, 0.25) is 0 Å². The largest absolute Gasteiger partial charge is 0.322 e. The number of halogens is 1. The Morgan fingerprint density at radius 3 is 2.52 bits per heavy atom. The van der Waals surface area contributed by atoms with Crippen LogP contribution >= 0.6 is 15.9 Å². The molecule has 0 saturated carbocycles. The Hall–Kier alpha value is -1.91. The van der Waals surface area contributed by atoms with Gasteiger partial charge in [0, 0.05) is 33.0 Å². The van der Waals surface area contributed by atoms with Gasteiger partial charge in [-0.2, -0.15) is 0 Å². The van der Waals surface area contributed by atoms with Gasteiger partial charge >= 0.3 is 0 Å². The molecule has 0 unspecified atom stereocenters. The zero-order chi connectivity index (χ0) is 17.2. The molecule has 3 nitrogen and oxygen atoms in total. The average molecular weight is 397 g/mol. The quantitative estimate of drug-likeness (QED) is 0.680. The maximum absolute atomic E-state index is 12.9. The first-order valence-corrected chi connectivity index (χ1v) is 9.64. The van der Waals surface area contributed by atoms with Crippen molar-refractivity contribution in [3.63, 3.8) is 0 Å². The molecule has 0 bridgehead atoms. The van der Waals surface area contributed by atoms with Gasteiger partial charge in [-0.3, -0.25) is 9.69 Å². The van der Waals surface area contributed by atoms with Gasteiger partial charge in [-0.05, 0) is 49.7 Å². The van der Waals surface area contributed by atoms with Gasteiger partial charge in [-0.1, -0.05) is 52.7 Å². The summed E-state index contributed by atoms with van der Waals surface area (Å²) in [6.45, 7) is 2.86. The number of hydrogen-bond donors (Lipinski definition) is 1. The van der Waals surface area contributed by atoms with E-state index in [4.69, 9.17) is 0 Å². The van der Waals surface area contributed by atoms with Crippen LogP contribution in [-0.4, -0.2) is 23.0 Å². The maximum Gasteiger partial charge on any atom is 0.253 e. The van der Waals surface area contributed by atoms with Crippen molar-refractivity contribution < 1.29 is 0 Å². The minimum atomic E-state index is 0.0271. The molecule has 4 rings (SSSR count). The van der Waals surface area contributed by atoms with Crippen LogP contribution in [0.25, 0.3) is 22.0 Å². The van der Waals surface area contributed by atoms with Gasteiger partial charge < -0.3 is 4.98 Å². The van der Waals surface area contributed by atoms with E-state index in [9.17, 15) is 4.79 Å². The number of hydrogen-bond acceptors (Lipinski definition) is 2. The van der Waals surface area contributed by atoms with E-state index in [2.05, 4.69) is 44.0 Å². The summed E-state index contributed by atoms with van der Waals surface area (Å²) >= 11 is 3.58. The molecule has 0 amide bonds. The number of nitrogens with zero attached hydrogens (tertiary/aromatic N) is 1. The Labute approximate surface area is 155 Å². The second-order valence-electron chi connectivity index (χ2n) is 6.70. The van der Waals surface area contributed by atoms with Crippen LogP contribution in [0.5, 0.6) is 0 Å². The molecule has 128 valence electrons. The summed E-state index contributed by atoms with van der Waals surface area (Å²) < 4.78 is 1.02. The highest BCUT2D eigenvalue weighted by atomic mass is 79.9. The fourth-order valence-electron chi connectivity index (χ4n) is 3.73. The predicted molar refractivity (Wildman–Crippen MR) is 107 cm³/mol. The first-order chi connectivity index (χ1) is 12.2. The number of benzene rings is 2. The van der Waals surface area contributed by atoms with Crippen LogP contribution in [0.4, 0.5) is 0 Å². The second kappa shape index (κ2) is 7.14. The van der Waals surface area contributed by atoms with Crippen molar-refractivity contribution in [3.8, 4) is 11.1 Å². The minimum Gasteiger partial charge on any atom is -0.322 e. The normalized spacial score (nSPS) is 15.6. The van der Waals surface area contributed by atoms with E-state index in [-0.39, 0.29) is 5.56 Å². The molecular weight excluding hydrogens is 376 g/mol. The zero-order valence-corrected chi connectivity index (χ0v) is 15.7. The summed E-state index contributed by atoms with van der Waals surface area (Å²) in [4.78, 5) is 18.4. The van der Waals surface area contributed by atoms with E-state index >= 15 is 0 Å². The second-order valence-corrected chi connectivity index (χ2v) is 7.62. The molecule has 0 radical (unpaired) electrons. The molecule has 1 aromatic heterocycles. The van der Waals surface area contributed by atoms with E-state index in [1.807, 2.05) is 30.3 Å². The van der Waals surface area contributed by atoms with E-state index in [0.717, 1.165) is 45.2 Å². The van der Waals surface area contributed by atoms with Crippen LogP contribution in [0.15, 0.2) is 57.8 Å². The lowest BCUT2D eigenvalue weighted by Gasteiger charge is -2.27. The minimum absolute atomic E-state index is 0.0271. The summed E-state index contributed by atoms with van der Waals surface area (Å²) in [6.07, 6.45) is 3.73. The summed E-state index contributed by atoms with van der Waals surface area (Å²) in [5, 5.41) is 1.09. The van der Waals surface area contributed by atoms with Crippen LogP contribution < -0.4 is 5.56 Å². The highest BCUT2D eigenvalue weighted by Crippen LogP contribution is 2.32. The molecule has 2 heterocycles. The van der Waals surface area contributed by atoms with Crippen molar-refractivity contribution in [2.45, 2.75) is 25.8 Å². The predicted octanol–water partition coefficient (Wildman–Crippen LogP) is 4.94. The van der Waals surface area contributed by atoms with Crippen LogP contribution in [0.3, 0.4) is 0 Å². The van der Waals surface area contributed by atoms with E-state index in [1.54, 1.807) is 0 Å². The van der Waals surface area contributed by atoms with Crippen molar-refractivity contribution in [1.82, 2.24) is 9.88 Å². The van der Waals surface area contributed by atoms with Crippen molar-refractivity contribution in [2.24, 2.45) is 0 Å². The van der Waals surface area contributed by atoms with E-state index < -0.39 is 0 Å². The van der Waals surface area contributed by atoms with Gasteiger partial charge in [0.15, 0.2) is 0 Å². The maximum atomic E-state index is 12.9. The van der Waals surface area contributed by atoms with Gasteiger partial charge in [-0.15, -0.1) is 0 Å². The number of pyridine rings is 1. The average Bonchev–Trinajstić information content (AvgIpc) is 2.64. The van der Waals surface area contributed by atoms with E-state index in [0.29, 0.717) is 6.54 Å². The number of aromatic nitrogens is 1. The summed E-state index contributed by atoms with van der Waals surface area (Å²) in [5.74, 6) is 0. The van der Waals surface area contributed by atoms with Gasteiger partial charge in [0.05, 0.1) is 0 Å². The standard InChI is InChI=1S/C21H21BrN2O/c22-16-9-10-19-17(13-16)20(15-7-3-1-4-8-15)18(21(25)23-19)14-24-11-5-2-6-12-24/h1,3-4,7-10,13H,2,5-6,11-12,14H2,(H,23,25). The summed E-state index contributed by atoms with van der Waals surface area (Å²) in [5.41, 5.74) is 3.95. The lowest BCUT2D eigenvalue weighted by atomic mass is 9.95. The third-order valence-electron chi connectivity index (χ3n) is 4.97. The third-order valence-corrected chi connectivity index (χ3v) is 5.46. The summed E-state index contributed by atoms with van der Waals surface area (Å²) in [7, 11) is 0. The molecule has 1 N–H and O–H groups in total. The van der Waals surface area contributed by atoms with Crippen LogP contribution in [0.1, 0.15) is 24.8 Å². The Balaban J connectivity index is 1.93. The summed E-state index contributed by atoms with van der Waals surface area (Å²) in [6, 6.07) is 16.3. The Morgan fingerprint density at radius 1 is 1.00 bits per heavy atom. The Morgan fingerprint density at radius 2 is 1.76 bits per heavy atom. The number of likely N-dealkylation sites (tertiary alicyclic amines) is 1. The molecule has 1 aliphatic heterocycles. The van der Waals surface area contributed by atoms with Crippen molar-refractivity contribution >= 4 is 26.8 Å². The number of rotatable bonds is 3. The molecule has 2 aromatic carbocycles. The molecule has 1 fully saturated rings. The van der Waals surface area contributed by atoms with Gasteiger partial charge in [-0.25, -0.2) is 0 Å². The van der Waals surface area contributed by atoms with Crippen molar-refractivity contribution in [3.05, 3.63) is 68.9 Å². The van der Waals surface area contributed by atoms with Gasteiger partial charge in [0.25, 0.3) is 5.56 Å². The Bertz CT molecular complexity index is 943. The Kier molecular flexibility index (Phi) is 4.73. The van der Waals surface area contributed by atoms with Crippen LogP contribution in [-0.2, 0) is 6.54 Å². The lowest BCUT2D eigenvalue weighted by molar-refractivity contribution is 0.220. The first-order valence-electron chi connectivity index (χ1n) is 8.84. The third kappa shape index (κ3) is 3.42. The topological polar surface area (TPSA) is 36.1 Å². The highest BCUT2D eigenvalue weighted by Gasteiger charge is 2.18. The number of aromatic amines is 1. The SMILES string of the molecule is O=c1[nH]c2ccc(Br)cc2c(-c2ccccc2)c1CN1CCCCC1. The first kappa shape index (κ1) is 16.6. The molecule has 0 atom stereocenters. The number of piperidine rings is 1. The smallest absolute Gasteiger partial charge is 0.253 e. The zero-order valence-electron chi connectivity index (χ0n) is 14.1. The molecule has 25 heavy (non-hydrogen) atoms. The van der Waals surface area contributed by atoms with Crippen LogP contribution in [0, 0.1) is 0 Å². The molecule has 4 heteroatoms. The number of nitrogens with one attached hydrogen (secondary N) is 1. The molecule has 1 saturated heterocycles. The molecular formula is C21H21BrN2O. The number of H-pyrrole nitrogens is 1. The molecule has 1 aliphatic rings. The fraction of sp³-hybridized carbons (Fsp3) is 0.286. The van der Waals surface area contributed by atoms with Crippen molar-refractivity contribution in [2.75, 3.05) is 13.1 Å². The fourth-order valence-corrected chi connectivity index (χ4v) is 4.09. The molecule has 0 aliphatic carbocycles.